The Bertz CT molecular complexity index is 833. The molecule has 2 heterocycles. The second-order valence-electron chi connectivity index (χ2n) is 7.58. The van der Waals surface area contributed by atoms with Gasteiger partial charge in [-0.2, -0.15) is 0 Å². The van der Waals surface area contributed by atoms with Gasteiger partial charge < -0.3 is 10.0 Å². The van der Waals surface area contributed by atoms with Gasteiger partial charge in [0.05, 0.1) is 17.4 Å². The molecule has 134 valence electrons. The zero-order valence-corrected chi connectivity index (χ0v) is 14.7. The Balaban J connectivity index is 1.52. The lowest BCUT2D eigenvalue weighted by Gasteiger charge is -2.34. The smallest absolute Gasteiger partial charge is 0.312 e. The van der Waals surface area contributed by atoms with E-state index in [2.05, 4.69) is 0 Å². The number of sulfone groups is 1. The number of amides is 1. The van der Waals surface area contributed by atoms with E-state index >= 15 is 0 Å². The number of nitrogens with zero attached hydrogens (tertiary/aromatic N) is 1. The highest BCUT2D eigenvalue weighted by Gasteiger charge is 2.60. The molecule has 25 heavy (non-hydrogen) atoms. The maximum atomic E-state index is 13.0. The molecule has 1 spiro atoms. The quantitative estimate of drug-likeness (QED) is 0.858. The molecule has 1 saturated heterocycles. The Labute approximate surface area is 146 Å². The molecule has 2 aliphatic heterocycles. The van der Waals surface area contributed by atoms with E-state index in [1.165, 1.54) is 0 Å². The summed E-state index contributed by atoms with van der Waals surface area (Å²) in [4.78, 5) is 26.2. The molecule has 7 heteroatoms. The number of aliphatic carboxylic acids is 1. The zero-order valence-electron chi connectivity index (χ0n) is 13.8. The van der Waals surface area contributed by atoms with Crippen LogP contribution >= 0.6 is 0 Å². The van der Waals surface area contributed by atoms with Crippen LogP contribution in [0, 0.1) is 11.3 Å². The number of rotatable bonds is 2. The average Bonchev–Trinajstić information content (AvgIpc) is 3.30. The molecule has 1 N–H and O–H groups in total. The van der Waals surface area contributed by atoms with Gasteiger partial charge in [-0.05, 0) is 35.8 Å². The van der Waals surface area contributed by atoms with Crippen molar-refractivity contribution in [3.8, 4) is 0 Å². The molecule has 2 fully saturated rings. The van der Waals surface area contributed by atoms with Crippen molar-refractivity contribution in [2.45, 2.75) is 31.7 Å². The van der Waals surface area contributed by atoms with Crippen molar-refractivity contribution in [1.29, 1.82) is 0 Å². The molecule has 0 aromatic heterocycles. The summed E-state index contributed by atoms with van der Waals surface area (Å²) in [5.74, 6) is -1.45. The van der Waals surface area contributed by atoms with Gasteiger partial charge in [-0.1, -0.05) is 24.3 Å². The standard InChI is InChI=1S/C18H21NO5S/c20-16(15-9-18(15)5-7-25(23,24)8-6-18)19-10-12-3-1-2-4-13(12)14(11-19)17(21)22/h1-4,14-15H,5-11H2,(H,21,22). The zero-order chi connectivity index (χ0) is 17.8. The van der Waals surface area contributed by atoms with Crippen LogP contribution in [0.5, 0.6) is 0 Å². The summed E-state index contributed by atoms with van der Waals surface area (Å²) in [6.07, 6.45) is 1.84. The van der Waals surface area contributed by atoms with Crippen LogP contribution in [0.2, 0.25) is 0 Å². The van der Waals surface area contributed by atoms with Gasteiger partial charge in [0.2, 0.25) is 5.91 Å². The predicted molar refractivity (Wildman–Crippen MR) is 90.7 cm³/mol. The summed E-state index contributed by atoms with van der Waals surface area (Å²) in [6.45, 7) is 0.625. The summed E-state index contributed by atoms with van der Waals surface area (Å²) in [5.41, 5.74) is 1.50. The molecule has 1 saturated carbocycles. The van der Waals surface area contributed by atoms with Crippen LogP contribution in [0.25, 0.3) is 0 Å². The maximum absolute atomic E-state index is 13.0. The highest BCUT2D eigenvalue weighted by atomic mass is 32.2. The van der Waals surface area contributed by atoms with Crippen LogP contribution in [0.1, 0.15) is 36.3 Å². The minimum absolute atomic E-state index is 0.0138. The Morgan fingerprint density at radius 2 is 1.84 bits per heavy atom. The number of hydrogen-bond donors (Lipinski definition) is 1. The fourth-order valence-corrected chi connectivity index (χ4v) is 6.04. The monoisotopic (exact) mass is 363 g/mol. The number of carboxylic acid groups (broad SMARTS) is 1. The van der Waals surface area contributed by atoms with Crippen molar-refractivity contribution in [3.63, 3.8) is 0 Å². The van der Waals surface area contributed by atoms with Crippen LogP contribution in [-0.4, -0.2) is 48.4 Å². The molecule has 3 aliphatic rings. The van der Waals surface area contributed by atoms with E-state index in [1.54, 1.807) is 4.90 Å². The summed E-state index contributed by atoms with van der Waals surface area (Å²) >= 11 is 0. The van der Waals surface area contributed by atoms with Crippen LogP contribution in [0.3, 0.4) is 0 Å². The Morgan fingerprint density at radius 1 is 1.16 bits per heavy atom. The fourth-order valence-electron chi connectivity index (χ4n) is 4.40. The van der Waals surface area contributed by atoms with Crippen molar-refractivity contribution in [2.75, 3.05) is 18.1 Å². The van der Waals surface area contributed by atoms with Gasteiger partial charge in [-0.3, -0.25) is 9.59 Å². The number of carbonyl (C=O) groups excluding carboxylic acids is 1. The normalized spacial score (nSPS) is 29.0. The number of carboxylic acids is 1. The van der Waals surface area contributed by atoms with E-state index in [0.717, 1.165) is 17.5 Å². The summed E-state index contributed by atoms with van der Waals surface area (Å²) in [6, 6.07) is 7.38. The molecular formula is C18H21NO5S. The van der Waals surface area contributed by atoms with E-state index in [-0.39, 0.29) is 35.3 Å². The van der Waals surface area contributed by atoms with E-state index in [0.29, 0.717) is 19.4 Å². The Hall–Kier alpha value is -1.89. The molecular weight excluding hydrogens is 342 g/mol. The lowest BCUT2D eigenvalue weighted by atomic mass is 9.89. The van der Waals surface area contributed by atoms with Gasteiger partial charge in [0.1, 0.15) is 9.84 Å². The van der Waals surface area contributed by atoms with E-state index < -0.39 is 21.7 Å². The third-order valence-electron chi connectivity index (χ3n) is 6.11. The first-order valence-electron chi connectivity index (χ1n) is 8.61. The summed E-state index contributed by atoms with van der Waals surface area (Å²) < 4.78 is 23.3. The van der Waals surface area contributed by atoms with Gasteiger partial charge in [0.25, 0.3) is 0 Å². The van der Waals surface area contributed by atoms with Crippen molar-refractivity contribution < 1.29 is 23.1 Å². The lowest BCUT2D eigenvalue weighted by Crippen LogP contribution is -2.42. The van der Waals surface area contributed by atoms with Crippen LogP contribution in [0.4, 0.5) is 0 Å². The minimum Gasteiger partial charge on any atom is -0.481 e. The molecule has 0 radical (unpaired) electrons. The van der Waals surface area contributed by atoms with E-state index in [4.69, 9.17) is 0 Å². The topological polar surface area (TPSA) is 91.8 Å². The number of hydrogen-bond acceptors (Lipinski definition) is 4. The molecule has 2 unspecified atom stereocenters. The molecule has 4 rings (SSSR count). The van der Waals surface area contributed by atoms with Crippen molar-refractivity contribution in [3.05, 3.63) is 35.4 Å². The SMILES string of the molecule is O=C(O)C1CN(C(=O)C2CC23CCS(=O)(=O)CC3)Cc2ccccc21. The van der Waals surface area contributed by atoms with Crippen LogP contribution in [0.15, 0.2) is 24.3 Å². The van der Waals surface area contributed by atoms with E-state index in [9.17, 15) is 23.1 Å². The third kappa shape index (κ3) is 2.84. The van der Waals surface area contributed by atoms with Gasteiger partial charge in [0, 0.05) is 19.0 Å². The first-order chi connectivity index (χ1) is 11.8. The number of fused-ring (bicyclic) bond motifs is 1. The molecule has 1 aromatic rings. The predicted octanol–water partition coefficient (Wildman–Crippen LogP) is 1.41. The molecule has 0 bridgehead atoms. The molecule has 1 aliphatic carbocycles. The minimum atomic E-state index is -2.95. The first kappa shape index (κ1) is 16.6. The van der Waals surface area contributed by atoms with Gasteiger partial charge in [-0.15, -0.1) is 0 Å². The van der Waals surface area contributed by atoms with Crippen molar-refractivity contribution >= 4 is 21.7 Å². The molecule has 1 amide bonds. The highest BCUT2D eigenvalue weighted by molar-refractivity contribution is 7.91. The van der Waals surface area contributed by atoms with Crippen LogP contribution in [-0.2, 0) is 26.0 Å². The van der Waals surface area contributed by atoms with Gasteiger partial charge in [0.15, 0.2) is 0 Å². The van der Waals surface area contributed by atoms with Crippen LogP contribution < -0.4 is 0 Å². The number of benzene rings is 1. The Morgan fingerprint density at radius 3 is 2.52 bits per heavy atom. The van der Waals surface area contributed by atoms with Crippen molar-refractivity contribution in [1.82, 2.24) is 4.90 Å². The molecule has 1 aromatic carbocycles. The first-order valence-corrected chi connectivity index (χ1v) is 10.4. The largest absolute Gasteiger partial charge is 0.481 e. The second kappa shape index (κ2) is 5.56. The van der Waals surface area contributed by atoms with Crippen molar-refractivity contribution in [2.24, 2.45) is 11.3 Å². The second-order valence-corrected chi connectivity index (χ2v) is 9.88. The van der Waals surface area contributed by atoms with E-state index in [1.807, 2.05) is 24.3 Å². The number of carbonyl (C=O) groups is 2. The summed E-state index contributed by atoms with van der Waals surface area (Å²) in [7, 11) is -2.95. The lowest BCUT2D eigenvalue weighted by molar-refractivity contribution is -0.142. The summed E-state index contributed by atoms with van der Waals surface area (Å²) in [5, 5.41) is 9.53. The Kier molecular flexibility index (Phi) is 3.68. The van der Waals surface area contributed by atoms with Gasteiger partial charge in [-0.25, -0.2) is 8.42 Å². The molecule has 2 atom stereocenters. The maximum Gasteiger partial charge on any atom is 0.312 e. The molecule has 6 nitrogen and oxygen atoms in total. The average molecular weight is 363 g/mol. The third-order valence-corrected chi connectivity index (χ3v) is 7.77. The highest BCUT2D eigenvalue weighted by Crippen LogP contribution is 2.60. The fraction of sp³-hybridized carbons (Fsp3) is 0.556. The van der Waals surface area contributed by atoms with Gasteiger partial charge >= 0.3 is 5.97 Å².